The van der Waals surface area contributed by atoms with Gasteiger partial charge in [0.05, 0.1) is 11.7 Å². The summed E-state index contributed by atoms with van der Waals surface area (Å²) in [5.41, 5.74) is 0.00323. The SMILES string of the molecule is C=CCc1cccc2cc(C(=O)Nc3ccccc3C(=O)[O-])c(=O)oc12. The Morgan fingerprint density at radius 2 is 1.88 bits per heavy atom. The number of fused-ring (bicyclic) bond motifs is 1. The number of hydrogen-bond acceptors (Lipinski definition) is 5. The van der Waals surface area contributed by atoms with Crippen LogP contribution in [0.25, 0.3) is 11.0 Å². The lowest BCUT2D eigenvalue weighted by Gasteiger charge is -2.11. The lowest BCUT2D eigenvalue weighted by molar-refractivity contribution is -0.254. The average molecular weight is 348 g/mol. The standard InChI is InChI=1S/C20H15NO5/c1-2-6-12-7-5-8-13-11-15(20(25)26-17(12)13)18(22)21-16-10-4-3-9-14(16)19(23)24/h2-5,7-11H,1,6H2,(H,21,22)(H,23,24)/p-1. The molecule has 0 radical (unpaired) electrons. The van der Waals surface area contributed by atoms with E-state index in [1.807, 2.05) is 6.07 Å². The van der Waals surface area contributed by atoms with Gasteiger partial charge >= 0.3 is 5.63 Å². The second-order valence-electron chi connectivity index (χ2n) is 5.56. The molecule has 2 aromatic carbocycles. The molecule has 3 rings (SSSR count). The van der Waals surface area contributed by atoms with Crippen molar-refractivity contribution < 1.29 is 19.1 Å². The van der Waals surface area contributed by atoms with Crippen molar-refractivity contribution in [1.82, 2.24) is 0 Å². The van der Waals surface area contributed by atoms with Crippen molar-refractivity contribution in [2.75, 3.05) is 5.32 Å². The summed E-state index contributed by atoms with van der Waals surface area (Å²) in [6, 6.07) is 12.5. The third-order valence-electron chi connectivity index (χ3n) is 3.85. The van der Waals surface area contributed by atoms with Crippen LogP contribution in [0.5, 0.6) is 0 Å². The first-order chi connectivity index (χ1) is 12.5. The highest BCUT2D eigenvalue weighted by molar-refractivity contribution is 6.08. The van der Waals surface area contributed by atoms with E-state index in [1.54, 1.807) is 24.3 Å². The van der Waals surface area contributed by atoms with Crippen LogP contribution in [0.3, 0.4) is 0 Å². The second-order valence-corrected chi connectivity index (χ2v) is 5.56. The number of rotatable bonds is 5. The molecule has 26 heavy (non-hydrogen) atoms. The molecular weight excluding hydrogens is 334 g/mol. The molecule has 1 N–H and O–H groups in total. The molecule has 0 aliphatic carbocycles. The maximum atomic E-state index is 12.5. The molecule has 0 unspecified atom stereocenters. The summed E-state index contributed by atoms with van der Waals surface area (Å²) in [7, 11) is 0. The van der Waals surface area contributed by atoms with Crippen LogP contribution in [-0.4, -0.2) is 11.9 Å². The molecule has 1 heterocycles. The maximum absolute atomic E-state index is 12.5. The Bertz CT molecular complexity index is 1080. The number of allylic oxidation sites excluding steroid dienone is 1. The predicted molar refractivity (Wildman–Crippen MR) is 95.1 cm³/mol. The number of anilines is 1. The molecule has 0 aliphatic rings. The van der Waals surface area contributed by atoms with Gasteiger partial charge in [-0.05, 0) is 24.1 Å². The fourth-order valence-electron chi connectivity index (χ4n) is 2.64. The Labute approximate surface area is 148 Å². The van der Waals surface area contributed by atoms with Gasteiger partial charge in [0.25, 0.3) is 5.91 Å². The van der Waals surface area contributed by atoms with Gasteiger partial charge in [-0.2, -0.15) is 0 Å². The largest absolute Gasteiger partial charge is 0.545 e. The number of carbonyl (C=O) groups is 2. The maximum Gasteiger partial charge on any atom is 0.349 e. The monoisotopic (exact) mass is 348 g/mol. The van der Waals surface area contributed by atoms with Gasteiger partial charge in [0.2, 0.25) is 0 Å². The van der Waals surface area contributed by atoms with Crippen LogP contribution in [0.15, 0.2) is 70.4 Å². The van der Waals surface area contributed by atoms with E-state index < -0.39 is 17.5 Å². The number of benzene rings is 2. The van der Waals surface area contributed by atoms with Crippen molar-refractivity contribution in [3.8, 4) is 0 Å². The minimum absolute atomic E-state index is 0.0393. The topological polar surface area (TPSA) is 99.4 Å². The second kappa shape index (κ2) is 7.06. The van der Waals surface area contributed by atoms with E-state index in [9.17, 15) is 19.5 Å². The summed E-state index contributed by atoms with van der Waals surface area (Å²) in [5, 5.41) is 14.1. The number of carboxylic acid groups (broad SMARTS) is 1. The Balaban J connectivity index is 2.02. The molecular formula is C20H14NO5-. The quantitative estimate of drug-likeness (QED) is 0.562. The number of para-hydroxylation sites is 2. The predicted octanol–water partition coefficient (Wildman–Crippen LogP) is 2.14. The van der Waals surface area contributed by atoms with Crippen LogP contribution >= 0.6 is 0 Å². The summed E-state index contributed by atoms with van der Waals surface area (Å²) < 4.78 is 5.32. The highest BCUT2D eigenvalue weighted by Gasteiger charge is 2.16. The van der Waals surface area contributed by atoms with Crippen molar-refractivity contribution in [2.45, 2.75) is 6.42 Å². The number of amides is 1. The van der Waals surface area contributed by atoms with Gasteiger partial charge in [-0.1, -0.05) is 42.5 Å². The first-order valence-electron chi connectivity index (χ1n) is 7.79. The zero-order valence-corrected chi connectivity index (χ0v) is 13.7. The van der Waals surface area contributed by atoms with Gasteiger partial charge in [-0.15, -0.1) is 6.58 Å². The highest BCUT2D eigenvalue weighted by Crippen LogP contribution is 2.20. The molecule has 0 fully saturated rings. The van der Waals surface area contributed by atoms with E-state index in [4.69, 9.17) is 4.42 Å². The molecule has 0 atom stereocenters. The van der Waals surface area contributed by atoms with E-state index in [0.29, 0.717) is 17.4 Å². The molecule has 130 valence electrons. The van der Waals surface area contributed by atoms with Crippen LogP contribution in [0.4, 0.5) is 5.69 Å². The summed E-state index contributed by atoms with van der Waals surface area (Å²) in [6.07, 6.45) is 2.21. The summed E-state index contributed by atoms with van der Waals surface area (Å²) in [6.45, 7) is 3.66. The van der Waals surface area contributed by atoms with Gasteiger partial charge in [0, 0.05) is 10.9 Å². The third-order valence-corrected chi connectivity index (χ3v) is 3.85. The molecule has 6 heteroatoms. The molecule has 0 aliphatic heterocycles. The minimum atomic E-state index is -1.43. The van der Waals surface area contributed by atoms with Crippen molar-refractivity contribution in [3.63, 3.8) is 0 Å². The zero-order valence-electron chi connectivity index (χ0n) is 13.7. The van der Waals surface area contributed by atoms with E-state index in [-0.39, 0.29) is 16.8 Å². The molecule has 0 spiro atoms. The minimum Gasteiger partial charge on any atom is -0.545 e. The van der Waals surface area contributed by atoms with Crippen LogP contribution < -0.4 is 16.0 Å². The molecule has 0 saturated carbocycles. The Morgan fingerprint density at radius 1 is 1.12 bits per heavy atom. The van der Waals surface area contributed by atoms with E-state index in [0.717, 1.165) is 5.56 Å². The number of hydrogen-bond donors (Lipinski definition) is 1. The first kappa shape index (κ1) is 17.2. The normalized spacial score (nSPS) is 10.5. The van der Waals surface area contributed by atoms with Gasteiger partial charge in [0.15, 0.2) is 0 Å². The fraction of sp³-hybridized carbons (Fsp3) is 0.0500. The number of aromatic carboxylic acids is 1. The van der Waals surface area contributed by atoms with Gasteiger partial charge in [-0.3, -0.25) is 4.79 Å². The van der Waals surface area contributed by atoms with Gasteiger partial charge < -0.3 is 19.6 Å². The van der Waals surface area contributed by atoms with Crippen molar-refractivity contribution in [1.29, 1.82) is 0 Å². The smallest absolute Gasteiger partial charge is 0.349 e. The average Bonchev–Trinajstić information content (AvgIpc) is 2.62. The highest BCUT2D eigenvalue weighted by atomic mass is 16.4. The first-order valence-corrected chi connectivity index (χ1v) is 7.79. The van der Waals surface area contributed by atoms with Crippen molar-refractivity contribution >= 4 is 28.5 Å². The molecule has 6 nitrogen and oxygen atoms in total. The lowest BCUT2D eigenvalue weighted by Crippen LogP contribution is -2.26. The van der Waals surface area contributed by atoms with Crippen molar-refractivity contribution in [2.24, 2.45) is 0 Å². The Kier molecular flexibility index (Phi) is 4.66. The molecule has 0 bridgehead atoms. The van der Waals surface area contributed by atoms with E-state index >= 15 is 0 Å². The van der Waals surface area contributed by atoms with Crippen LogP contribution in [0.1, 0.15) is 26.3 Å². The fourth-order valence-corrected chi connectivity index (χ4v) is 2.64. The zero-order chi connectivity index (χ0) is 18.7. The molecule has 1 aromatic heterocycles. The van der Waals surface area contributed by atoms with Crippen LogP contribution in [-0.2, 0) is 6.42 Å². The van der Waals surface area contributed by atoms with Crippen molar-refractivity contribution in [3.05, 3.63) is 88.3 Å². The van der Waals surface area contributed by atoms with E-state index in [2.05, 4.69) is 11.9 Å². The third kappa shape index (κ3) is 3.25. The number of nitrogens with one attached hydrogen (secondary N) is 1. The molecule has 1 amide bonds. The van der Waals surface area contributed by atoms with Gasteiger partial charge in [0.1, 0.15) is 11.1 Å². The van der Waals surface area contributed by atoms with Gasteiger partial charge in [-0.25, -0.2) is 4.79 Å². The molecule has 0 saturated heterocycles. The summed E-state index contributed by atoms with van der Waals surface area (Å²) >= 11 is 0. The number of carboxylic acids is 1. The summed E-state index contributed by atoms with van der Waals surface area (Å²) in [4.78, 5) is 35.9. The Hall–Kier alpha value is -3.67. The Morgan fingerprint density at radius 3 is 2.62 bits per heavy atom. The van der Waals surface area contributed by atoms with Crippen LogP contribution in [0.2, 0.25) is 0 Å². The molecule has 3 aromatic rings. The van der Waals surface area contributed by atoms with E-state index in [1.165, 1.54) is 24.3 Å². The summed E-state index contributed by atoms with van der Waals surface area (Å²) in [5.74, 6) is -2.19. The number of carbonyl (C=O) groups excluding carboxylic acids is 2. The lowest BCUT2D eigenvalue weighted by atomic mass is 10.1. The van der Waals surface area contributed by atoms with Crippen LogP contribution in [0, 0.1) is 0 Å².